The average Bonchev–Trinajstić information content (AvgIpc) is 2.68. The van der Waals surface area contributed by atoms with Gasteiger partial charge in [-0.25, -0.2) is 0 Å². The summed E-state index contributed by atoms with van der Waals surface area (Å²) in [6, 6.07) is 5.18. The first-order chi connectivity index (χ1) is 12.9. The van der Waals surface area contributed by atoms with Crippen molar-refractivity contribution < 1.29 is 19.2 Å². The maximum Gasteiger partial charge on any atom is 0.252 e. The van der Waals surface area contributed by atoms with E-state index in [1.165, 1.54) is 6.08 Å². The Bertz CT molecular complexity index is 833. The van der Waals surface area contributed by atoms with Crippen LogP contribution >= 0.6 is 0 Å². The van der Waals surface area contributed by atoms with Crippen LogP contribution in [0.3, 0.4) is 0 Å². The molecule has 1 unspecified atom stereocenters. The van der Waals surface area contributed by atoms with E-state index >= 15 is 0 Å². The van der Waals surface area contributed by atoms with Gasteiger partial charge in [0, 0.05) is 24.2 Å². The third-order valence-corrected chi connectivity index (χ3v) is 5.32. The molecule has 1 fully saturated rings. The zero-order valence-corrected chi connectivity index (χ0v) is 15.3. The molecule has 2 heterocycles. The fourth-order valence-electron chi connectivity index (χ4n) is 3.66. The van der Waals surface area contributed by atoms with Crippen molar-refractivity contribution in [3.05, 3.63) is 42.0 Å². The molecular weight excluding hydrogens is 346 g/mol. The van der Waals surface area contributed by atoms with Crippen LogP contribution in [0.5, 0.6) is 0 Å². The normalized spacial score (nSPS) is 21.9. The number of carbonyl (C=O) groups is 4. The van der Waals surface area contributed by atoms with Crippen LogP contribution in [-0.4, -0.2) is 35.7 Å². The van der Waals surface area contributed by atoms with Crippen molar-refractivity contribution in [2.75, 3.05) is 11.4 Å². The Hall–Kier alpha value is -2.96. The predicted molar refractivity (Wildman–Crippen MR) is 100 cm³/mol. The summed E-state index contributed by atoms with van der Waals surface area (Å²) in [4.78, 5) is 50.2. The molecule has 1 aromatic carbocycles. The lowest BCUT2D eigenvalue weighted by Gasteiger charge is -2.35. The number of piperidine rings is 1. The Kier molecular flexibility index (Phi) is 5.12. The van der Waals surface area contributed by atoms with Crippen molar-refractivity contribution in [1.82, 2.24) is 10.6 Å². The van der Waals surface area contributed by atoms with Crippen LogP contribution in [0.15, 0.2) is 30.9 Å². The molecule has 0 radical (unpaired) electrons. The van der Waals surface area contributed by atoms with Crippen LogP contribution in [0, 0.1) is 0 Å². The van der Waals surface area contributed by atoms with Crippen molar-refractivity contribution in [3.8, 4) is 0 Å². The highest BCUT2D eigenvalue weighted by molar-refractivity contribution is 6.07. The Morgan fingerprint density at radius 3 is 2.78 bits per heavy atom. The van der Waals surface area contributed by atoms with Gasteiger partial charge in [-0.3, -0.25) is 24.5 Å². The molecule has 1 saturated heterocycles. The summed E-state index contributed by atoms with van der Waals surface area (Å²) in [6.07, 6.45) is 3.73. The molecule has 142 valence electrons. The highest BCUT2D eigenvalue weighted by Gasteiger charge is 2.42. The number of anilines is 1. The number of aryl methyl sites for hydroxylation is 1. The quantitative estimate of drug-likeness (QED) is 0.621. The number of fused-ring (bicyclic) bond motifs is 1. The van der Waals surface area contributed by atoms with E-state index in [-0.39, 0.29) is 30.6 Å². The van der Waals surface area contributed by atoms with Gasteiger partial charge in [-0.1, -0.05) is 13.5 Å². The van der Waals surface area contributed by atoms with Gasteiger partial charge in [0.2, 0.25) is 11.8 Å². The average molecular weight is 369 g/mol. The smallest absolute Gasteiger partial charge is 0.252 e. The van der Waals surface area contributed by atoms with Crippen molar-refractivity contribution in [3.63, 3.8) is 0 Å². The maximum atomic E-state index is 12.8. The van der Waals surface area contributed by atoms with Gasteiger partial charge >= 0.3 is 0 Å². The van der Waals surface area contributed by atoms with E-state index in [9.17, 15) is 19.2 Å². The lowest BCUT2D eigenvalue weighted by atomic mass is 9.85. The number of imide groups is 1. The zero-order valence-electron chi connectivity index (χ0n) is 15.3. The summed E-state index contributed by atoms with van der Waals surface area (Å²) in [5.74, 6) is -1.31. The second-order valence-electron chi connectivity index (χ2n) is 6.91. The highest BCUT2D eigenvalue weighted by atomic mass is 16.2. The molecule has 1 atom stereocenters. The summed E-state index contributed by atoms with van der Waals surface area (Å²) in [5, 5.41) is 5.13. The lowest BCUT2D eigenvalue weighted by molar-refractivity contribution is -0.138. The van der Waals surface area contributed by atoms with Crippen molar-refractivity contribution in [2.24, 2.45) is 0 Å². The second-order valence-corrected chi connectivity index (χ2v) is 6.91. The minimum atomic E-state index is -1.08. The van der Waals surface area contributed by atoms with E-state index in [1.54, 1.807) is 30.0 Å². The third-order valence-electron chi connectivity index (χ3n) is 5.32. The first-order valence-electron chi connectivity index (χ1n) is 9.14. The SMILES string of the molecule is C=CC(=O)N1CCCc2cc(C(=O)NC3(CC)CCC(=O)NC3=O)ccc21. The number of amides is 4. The molecular formula is C20H23N3O4. The van der Waals surface area contributed by atoms with Gasteiger partial charge in [-0.05, 0) is 55.5 Å². The minimum absolute atomic E-state index is 0.165. The van der Waals surface area contributed by atoms with Crippen LogP contribution in [0.4, 0.5) is 5.69 Å². The summed E-state index contributed by atoms with van der Waals surface area (Å²) in [5.41, 5.74) is 1.05. The fourth-order valence-corrected chi connectivity index (χ4v) is 3.66. The van der Waals surface area contributed by atoms with Gasteiger partial charge in [0.25, 0.3) is 11.8 Å². The Labute approximate surface area is 157 Å². The number of nitrogens with zero attached hydrogens (tertiary/aromatic N) is 1. The second kappa shape index (κ2) is 7.34. The molecule has 7 nitrogen and oxygen atoms in total. The topological polar surface area (TPSA) is 95.6 Å². The summed E-state index contributed by atoms with van der Waals surface area (Å²) in [7, 11) is 0. The van der Waals surface area contributed by atoms with Crippen LogP contribution in [0.2, 0.25) is 0 Å². The van der Waals surface area contributed by atoms with E-state index in [2.05, 4.69) is 17.2 Å². The third kappa shape index (κ3) is 3.49. The van der Waals surface area contributed by atoms with Crippen LogP contribution < -0.4 is 15.5 Å². The number of carbonyl (C=O) groups excluding carboxylic acids is 4. The van der Waals surface area contributed by atoms with Crippen LogP contribution in [0.25, 0.3) is 0 Å². The number of nitrogens with one attached hydrogen (secondary N) is 2. The largest absolute Gasteiger partial charge is 0.338 e. The number of rotatable bonds is 4. The minimum Gasteiger partial charge on any atom is -0.338 e. The Morgan fingerprint density at radius 1 is 1.33 bits per heavy atom. The Balaban J connectivity index is 1.83. The van der Waals surface area contributed by atoms with Gasteiger partial charge in [-0.2, -0.15) is 0 Å². The van der Waals surface area contributed by atoms with E-state index in [1.807, 2.05) is 0 Å². The van der Waals surface area contributed by atoms with Crippen LogP contribution in [-0.2, 0) is 20.8 Å². The molecule has 2 aliphatic rings. The molecule has 27 heavy (non-hydrogen) atoms. The summed E-state index contributed by atoms with van der Waals surface area (Å²) < 4.78 is 0. The predicted octanol–water partition coefficient (Wildman–Crippen LogP) is 1.47. The molecule has 7 heteroatoms. The molecule has 0 aliphatic carbocycles. The van der Waals surface area contributed by atoms with Crippen molar-refractivity contribution in [1.29, 1.82) is 0 Å². The monoisotopic (exact) mass is 369 g/mol. The molecule has 0 aromatic heterocycles. The van der Waals surface area contributed by atoms with Gasteiger partial charge < -0.3 is 10.2 Å². The van der Waals surface area contributed by atoms with Gasteiger partial charge in [-0.15, -0.1) is 0 Å². The Morgan fingerprint density at radius 2 is 2.11 bits per heavy atom. The van der Waals surface area contributed by atoms with Gasteiger partial charge in [0.05, 0.1) is 0 Å². The summed E-state index contributed by atoms with van der Waals surface area (Å²) >= 11 is 0. The van der Waals surface area contributed by atoms with E-state index in [0.29, 0.717) is 18.5 Å². The number of benzene rings is 1. The summed E-state index contributed by atoms with van der Waals surface area (Å²) in [6.45, 7) is 5.96. The first-order valence-corrected chi connectivity index (χ1v) is 9.14. The molecule has 0 bridgehead atoms. The molecule has 2 N–H and O–H groups in total. The van der Waals surface area contributed by atoms with Crippen molar-refractivity contribution >= 4 is 29.3 Å². The van der Waals surface area contributed by atoms with Crippen LogP contribution in [0.1, 0.15) is 48.5 Å². The molecule has 4 amide bonds. The molecule has 2 aliphatic heterocycles. The lowest BCUT2D eigenvalue weighted by Crippen LogP contribution is -2.62. The molecule has 1 aromatic rings. The fraction of sp³-hybridized carbons (Fsp3) is 0.400. The highest BCUT2D eigenvalue weighted by Crippen LogP contribution is 2.29. The molecule has 0 spiro atoms. The standard InChI is InChI=1S/C20H23N3O4/c1-3-17(25)23-11-5-6-13-12-14(7-8-15(13)23)18(26)22-20(4-2)10-9-16(24)21-19(20)27/h3,7-8,12H,1,4-6,9-11H2,2H3,(H,22,26)(H,21,24,27). The zero-order chi connectivity index (χ0) is 19.6. The van der Waals surface area contributed by atoms with Crippen molar-refractivity contribution in [2.45, 2.75) is 44.6 Å². The van der Waals surface area contributed by atoms with E-state index in [4.69, 9.17) is 0 Å². The van der Waals surface area contributed by atoms with Gasteiger partial charge in [0.15, 0.2) is 0 Å². The number of hydrogen-bond acceptors (Lipinski definition) is 4. The molecule has 3 rings (SSSR count). The first kappa shape index (κ1) is 18.8. The maximum absolute atomic E-state index is 12.8. The number of hydrogen-bond donors (Lipinski definition) is 2. The van der Waals surface area contributed by atoms with E-state index < -0.39 is 11.4 Å². The van der Waals surface area contributed by atoms with E-state index in [0.717, 1.165) is 24.1 Å². The van der Waals surface area contributed by atoms with Gasteiger partial charge in [0.1, 0.15) is 5.54 Å². The molecule has 0 saturated carbocycles.